The van der Waals surface area contributed by atoms with Crippen LogP contribution in [-0.4, -0.2) is 61.4 Å². The summed E-state index contributed by atoms with van der Waals surface area (Å²) in [4.78, 5) is 27.1. The minimum atomic E-state index is 0. The standard InChI is InChI=1S/C12H23N3O2.ClH/c1-4-15(5-2)11(16)9-14(3)12(17)10-6-7-13-8-10;/h10,13H,4-9H2,1-3H3;1H. The van der Waals surface area contributed by atoms with Gasteiger partial charge >= 0.3 is 0 Å². The number of nitrogens with zero attached hydrogens (tertiary/aromatic N) is 2. The van der Waals surface area contributed by atoms with Crippen molar-refractivity contribution in [3.8, 4) is 0 Å². The summed E-state index contributed by atoms with van der Waals surface area (Å²) in [5.41, 5.74) is 0. The lowest BCUT2D eigenvalue weighted by Crippen LogP contribution is -2.43. The highest BCUT2D eigenvalue weighted by atomic mass is 35.5. The van der Waals surface area contributed by atoms with Crippen molar-refractivity contribution in [2.24, 2.45) is 5.92 Å². The zero-order chi connectivity index (χ0) is 12.8. The minimum absolute atomic E-state index is 0. The van der Waals surface area contributed by atoms with Crippen molar-refractivity contribution in [2.45, 2.75) is 20.3 Å². The van der Waals surface area contributed by atoms with E-state index in [9.17, 15) is 9.59 Å². The van der Waals surface area contributed by atoms with Crippen LogP contribution in [0.2, 0.25) is 0 Å². The fraction of sp³-hybridized carbons (Fsp3) is 0.833. The quantitative estimate of drug-likeness (QED) is 0.789. The first kappa shape index (κ1) is 17.2. The second-order valence-corrected chi connectivity index (χ2v) is 4.45. The number of halogens is 1. The van der Waals surface area contributed by atoms with E-state index in [0.29, 0.717) is 13.1 Å². The molecule has 1 N–H and O–H groups in total. The van der Waals surface area contributed by atoms with Gasteiger partial charge in [-0.25, -0.2) is 0 Å². The van der Waals surface area contributed by atoms with E-state index < -0.39 is 0 Å². The second kappa shape index (κ2) is 8.32. The molecule has 0 saturated carbocycles. The van der Waals surface area contributed by atoms with Crippen LogP contribution >= 0.6 is 12.4 Å². The van der Waals surface area contributed by atoms with Gasteiger partial charge in [-0.3, -0.25) is 9.59 Å². The molecular weight excluding hydrogens is 254 g/mol. The van der Waals surface area contributed by atoms with E-state index in [1.807, 2.05) is 13.8 Å². The average molecular weight is 278 g/mol. The average Bonchev–Trinajstić information content (AvgIpc) is 2.83. The predicted octanol–water partition coefficient (Wildman–Crippen LogP) is 0.345. The molecule has 0 spiro atoms. The molecule has 106 valence electrons. The van der Waals surface area contributed by atoms with Gasteiger partial charge in [0.1, 0.15) is 0 Å². The Kier molecular flexibility index (Phi) is 7.95. The predicted molar refractivity (Wildman–Crippen MR) is 73.8 cm³/mol. The molecule has 2 amide bonds. The van der Waals surface area contributed by atoms with Gasteiger partial charge in [-0.05, 0) is 26.8 Å². The van der Waals surface area contributed by atoms with Crippen LogP contribution in [0, 0.1) is 5.92 Å². The molecule has 1 fully saturated rings. The van der Waals surface area contributed by atoms with E-state index in [0.717, 1.165) is 19.5 Å². The highest BCUT2D eigenvalue weighted by Gasteiger charge is 2.26. The maximum atomic E-state index is 12.0. The van der Waals surface area contributed by atoms with Crippen LogP contribution in [0.15, 0.2) is 0 Å². The Balaban J connectivity index is 0.00000289. The van der Waals surface area contributed by atoms with E-state index in [4.69, 9.17) is 0 Å². The number of rotatable bonds is 5. The summed E-state index contributed by atoms with van der Waals surface area (Å²) in [6.45, 7) is 7.12. The van der Waals surface area contributed by atoms with Gasteiger partial charge in [0.15, 0.2) is 0 Å². The van der Waals surface area contributed by atoms with Crippen LogP contribution in [0.5, 0.6) is 0 Å². The van der Waals surface area contributed by atoms with Gasteiger partial charge in [0.25, 0.3) is 0 Å². The van der Waals surface area contributed by atoms with Crippen molar-refractivity contribution in [1.82, 2.24) is 15.1 Å². The second-order valence-electron chi connectivity index (χ2n) is 4.45. The Morgan fingerprint density at radius 3 is 2.33 bits per heavy atom. The molecule has 1 heterocycles. The highest BCUT2D eigenvalue weighted by molar-refractivity contribution is 5.86. The Morgan fingerprint density at radius 2 is 1.89 bits per heavy atom. The SMILES string of the molecule is CCN(CC)C(=O)CN(C)C(=O)C1CCNC1.Cl. The molecular formula is C12H24ClN3O2. The van der Waals surface area contributed by atoms with E-state index in [2.05, 4.69) is 5.32 Å². The lowest BCUT2D eigenvalue weighted by atomic mass is 10.1. The van der Waals surface area contributed by atoms with Gasteiger partial charge in [-0.15, -0.1) is 12.4 Å². The normalized spacial score (nSPS) is 18.1. The summed E-state index contributed by atoms with van der Waals surface area (Å²) in [6, 6.07) is 0. The number of carbonyl (C=O) groups excluding carboxylic acids is 2. The highest BCUT2D eigenvalue weighted by Crippen LogP contribution is 2.10. The Morgan fingerprint density at radius 1 is 1.28 bits per heavy atom. The van der Waals surface area contributed by atoms with Crippen LogP contribution in [-0.2, 0) is 9.59 Å². The van der Waals surface area contributed by atoms with Crippen LogP contribution in [0.1, 0.15) is 20.3 Å². The number of nitrogens with one attached hydrogen (secondary N) is 1. The molecule has 0 aromatic rings. The first-order chi connectivity index (χ1) is 8.10. The van der Waals surface area contributed by atoms with Crippen molar-refractivity contribution in [3.05, 3.63) is 0 Å². The van der Waals surface area contributed by atoms with Gasteiger partial charge in [-0.2, -0.15) is 0 Å². The van der Waals surface area contributed by atoms with Gasteiger partial charge in [0.2, 0.25) is 11.8 Å². The van der Waals surface area contributed by atoms with Crippen LogP contribution in [0.4, 0.5) is 0 Å². The van der Waals surface area contributed by atoms with E-state index in [1.54, 1.807) is 16.8 Å². The Hall–Kier alpha value is -0.810. The van der Waals surface area contributed by atoms with Crippen LogP contribution in [0.3, 0.4) is 0 Å². The van der Waals surface area contributed by atoms with Gasteiger partial charge in [-0.1, -0.05) is 0 Å². The molecule has 1 rings (SSSR count). The Bertz CT molecular complexity index is 276. The minimum Gasteiger partial charge on any atom is -0.342 e. The largest absolute Gasteiger partial charge is 0.342 e. The zero-order valence-electron chi connectivity index (χ0n) is 11.4. The fourth-order valence-electron chi connectivity index (χ4n) is 2.13. The number of likely N-dealkylation sites (N-methyl/N-ethyl adjacent to an activating group) is 2. The molecule has 1 unspecified atom stereocenters. The summed E-state index contributed by atoms with van der Waals surface area (Å²) in [5.74, 6) is 0.150. The number of amides is 2. The summed E-state index contributed by atoms with van der Waals surface area (Å²) >= 11 is 0. The number of carbonyl (C=O) groups is 2. The van der Waals surface area contributed by atoms with Crippen molar-refractivity contribution in [1.29, 1.82) is 0 Å². The fourth-order valence-corrected chi connectivity index (χ4v) is 2.13. The molecule has 18 heavy (non-hydrogen) atoms. The molecule has 6 heteroatoms. The number of hydrogen-bond donors (Lipinski definition) is 1. The van der Waals surface area contributed by atoms with Gasteiger partial charge < -0.3 is 15.1 Å². The monoisotopic (exact) mass is 277 g/mol. The molecule has 1 saturated heterocycles. The van der Waals surface area contributed by atoms with Crippen molar-refractivity contribution in [2.75, 3.05) is 39.8 Å². The maximum absolute atomic E-state index is 12.0. The summed E-state index contributed by atoms with van der Waals surface area (Å²) < 4.78 is 0. The molecule has 0 radical (unpaired) electrons. The molecule has 0 bridgehead atoms. The lowest BCUT2D eigenvalue weighted by molar-refractivity contribution is -0.141. The third-order valence-corrected chi connectivity index (χ3v) is 3.27. The molecule has 1 atom stereocenters. The van der Waals surface area contributed by atoms with Crippen molar-refractivity contribution >= 4 is 24.2 Å². The summed E-state index contributed by atoms with van der Waals surface area (Å²) in [5, 5.41) is 3.16. The summed E-state index contributed by atoms with van der Waals surface area (Å²) in [7, 11) is 1.71. The molecule has 0 aromatic carbocycles. The molecule has 0 aliphatic carbocycles. The third-order valence-electron chi connectivity index (χ3n) is 3.27. The van der Waals surface area contributed by atoms with E-state index in [-0.39, 0.29) is 36.7 Å². The third kappa shape index (κ3) is 4.46. The summed E-state index contributed by atoms with van der Waals surface area (Å²) in [6.07, 6.45) is 0.878. The zero-order valence-corrected chi connectivity index (χ0v) is 12.3. The van der Waals surface area contributed by atoms with Crippen LogP contribution < -0.4 is 5.32 Å². The van der Waals surface area contributed by atoms with E-state index >= 15 is 0 Å². The molecule has 1 aliphatic heterocycles. The van der Waals surface area contributed by atoms with Crippen LogP contribution in [0.25, 0.3) is 0 Å². The first-order valence-corrected chi connectivity index (χ1v) is 6.33. The topological polar surface area (TPSA) is 52.7 Å². The molecule has 0 aromatic heterocycles. The first-order valence-electron chi connectivity index (χ1n) is 6.33. The van der Waals surface area contributed by atoms with Gasteiger partial charge in [0.05, 0.1) is 12.5 Å². The van der Waals surface area contributed by atoms with Gasteiger partial charge in [0, 0.05) is 26.7 Å². The lowest BCUT2D eigenvalue weighted by Gasteiger charge is -2.24. The molecule has 5 nitrogen and oxygen atoms in total. The van der Waals surface area contributed by atoms with E-state index in [1.165, 1.54) is 0 Å². The van der Waals surface area contributed by atoms with Crippen molar-refractivity contribution < 1.29 is 9.59 Å². The smallest absolute Gasteiger partial charge is 0.242 e. The Labute approximate surface area is 115 Å². The number of hydrogen-bond acceptors (Lipinski definition) is 3. The van der Waals surface area contributed by atoms with Crippen molar-refractivity contribution in [3.63, 3.8) is 0 Å². The maximum Gasteiger partial charge on any atom is 0.242 e. The molecule has 1 aliphatic rings.